The Morgan fingerprint density at radius 3 is 1.61 bits per heavy atom. The number of nitrogens with one attached hydrogen (secondary N) is 4. The van der Waals surface area contributed by atoms with Gasteiger partial charge in [0.1, 0.15) is 0 Å². The Hall–Kier alpha value is 0.1000. The topological polar surface area (TPSA) is 82.3 Å². The summed E-state index contributed by atoms with van der Waals surface area (Å²) in [7, 11) is 8.94. The highest BCUT2D eigenvalue weighted by Gasteiger charge is 2.00. The summed E-state index contributed by atoms with van der Waals surface area (Å²) in [5, 5.41) is 11.6. The first-order valence-corrected chi connectivity index (χ1v) is 12.6. The van der Waals surface area contributed by atoms with Crippen molar-refractivity contribution in [3.8, 4) is 0 Å². The van der Waals surface area contributed by atoms with Crippen LogP contribution in [-0.2, 0) is 4.79 Å². The molecule has 0 aromatic heterocycles. The van der Waals surface area contributed by atoms with Gasteiger partial charge < -0.3 is 21.3 Å². The van der Waals surface area contributed by atoms with E-state index < -0.39 is 0 Å². The van der Waals surface area contributed by atoms with Crippen LogP contribution in [0.5, 0.6) is 0 Å². The molecule has 3 amide bonds. The molecule has 10 heteroatoms. The highest BCUT2D eigenvalue weighted by molar-refractivity contribution is 8.77. The molecule has 4 N–H and O–H groups in total. The van der Waals surface area contributed by atoms with Crippen molar-refractivity contribution in [3.05, 3.63) is 0 Å². The molecule has 0 aromatic rings. The lowest BCUT2D eigenvalue weighted by Crippen LogP contribution is -2.37. The number of hydrogen-bond acceptors (Lipinski definition) is 7. The zero-order chi connectivity index (χ0) is 17.2. The first-order chi connectivity index (χ1) is 11.2. The molecule has 0 aliphatic rings. The number of amides is 3. The second-order valence-electron chi connectivity index (χ2n) is 4.28. The smallest absolute Gasteiger partial charge is 0.314 e. The molecule has 0 spiro atoms. The van der Waals surface area contributed by atoms with Crippen LogP contribution in [0, 0.1) is 0 Å². The van der Waals surface area contributed by atoms with E-state index in [0.29, 0.717) is 26.1 Å². The Morgan fingerprint density at radius 1 is 0.739 bits per heavy atom. The van der Waals surface area contributed by atoms with E-state index in [4.69, 9.17) is 0 Å². The molecule has 23 heavy (non-hydrogen) atoms. The molecule has 0 heterocycles. The highest BCUT2D eigenvalue weighted by atomic mass is 33.1. The molecule has 0 atom stereocenters. The molecule has 6 nitrogen and oxygen atoms in total. The maximum absolute atomic E-state index is 11.5. The summed E-state index contributed by atoms with van der Waals surface area (Å²) in [5.74, 6) is 3.81. The lowest BCUT2D eigenvalue weighted by molar-refractivity contribution is -0.120. The molecule has 0 bridgehead atoms. The molecule has 0 aliphatic carbocycles. The van der Waals surface area contributed by atoms with Crippen LogP contribution in [0.4, 0.5) is 4.79 Å². The van der Waals surface area contributed by atoms with E-state index in [1.165, 1.54) is 0 Å². The van der Waals surface area contributed by atoms with Crippen LogP contribution in [0.2, 0.25) is 0 Å². The number of rotatable bonds is 15. The van der Waals surface area contributed by atoms with E-state index in [1.54, 1.807) is 32.4 Å². The third-order valence-corrected chi connectivity index (χ3v) is 7.19. The van der Waals surface area contributed by atoms with Crippen LogP contribution in [-0.4, -0.2) is 68.2 Å². The molecular formula is C13H28N4O2S4. The van der Waals surface area contributed by atoms with Gasteiger partial charge in [0.25, 0.3) is 0 Å². The summed E-state index contributed by atoms with van der Waals surface area (Å²) in [6.45, 7) is 4.88. The van der Waals surface area contributed by atoms with Crippen molar-refractivity contribution < 1.29 is 9.59 Å². The standard InChI is InChI=1S/C13H28N4O2S4/c1-3-12(18)15-5-9-21-23-11-7-17-13(19)16-6-10-22-20-8-4-14-2/h14H,3-11H2,1-2H3,(H,15,18)(H2,16,17,19). The molecule has 136 valence electrons. The van der Waals surface area contributed by atoms with Crippen LogP contribution < -0.4 is 21.3 Å². The van der Waals surface area contributed by atoms with Gasteiger partial charge in [0.05, 0.1) is 0 Å². The zero-order valence-corrected chi connectivity index (χ0v) is 17.1. The second-order valence-corrected chi connectivity index (χ2v) is 9.68. The molecule has 0 fully saturated rings. The summed E-state index contributed by atoms with van der Waals surface area (Å²) >= 11 is 0. The fourth-order valence-electron chi connectivity index (χ4n) is 1.21. The van der Waals surface area contributed by atoms with Gasteiger partial charge in [0.2, 0.25) is 5.91 Å². The van der Waals surface area contributed by atoms with Gasteiger partial charge in [-0.05, 0) is 7.05 Å². The summed E-state index contributed by atoms with van der Waals surface area (Å²) in [5.41, 5.74) is 0. The SMILES string of the molecule is CCC(=O)NCCSSCCNC(=O)NCCSSCCNC. The first kappa shape index (κ1) is 23.1. The van der Waals surface area contributed by atoms with Gasteiger partial charge in [-0.2, -0.15) is 0 Å². The van der Waals surface area contributed by atoms with Gasteiger partial charge >= 0.3 is 6.03 Å². The summed E-state index contributed by atoms with van der Waals surface area (Å²) < 4.78 is 0. The van der Waals surface area contributed by atoms with Crippen LogP contribution in [0.25, 0.3) is 0 Å². The van der Waals surface area contributed by atoms with Crippen molar-refractivity contribution >= 4 is 55.1 Å². The van der Waals surface area contributed by atoms with E-state index in [0.717, 1.165) is 29.6 Å². The van der Waals surface area contributed by atoms with E-state index in [2.05, 4.69) is 21.3 Å². The van der Waals surface area contributed by atoms with Gasteiger partial charge in [0, 0.05) is 55.6 Å². The average molecular weight is 401 g/mol. The van der Waals surface area contributed by atoms with Gasteiger partial charge in [-0.25, -0.2) is 4.79 Å². The lowest BCUT2D eigenvalue weighted by atomic mass is 10.4. The van der Waals surface area contributed by atoms with E-state index >= 15 is 0 Å². The minimum Gasteiger partial charge on any atom is -0.355 e. The molecular weight excluding hydrogens is 372 g/mol. The molecule has 0 radical (unpaired) electrons. The van der Waals surface area contributed by atoms with Crippen LogP contribution in [0.15, 0.2) is 0 Å². The highest BCUT2D eigenvalue weighted by Crippen LogP contribution is 2.19. The molecule has 0 saturated carbocycles. The third kappa shape index (κ3) is 18.3. The predicted molar refractivity (Wildman–Crippen MR) is 108 cm³/mol. The third-order valence-electron chi connectivity index (χ3n) is 2.37. The van der Waals surface area contributed by atoms with E-state index in [9.17, 15) is 9.59 Å². The van der Waals surface area contributed by atoms with Crippen molar-refractivity contribution in [3.63, 3.8) is 0 Å². The van der Waals surface area contributed by atoms with Gasteiger partial charge in [-0.3, -0.25) is 4.79 Å². The average Bonchev–Trinajstić information content (AvgIpc) is 2.56. The van der Waals surface area contributed by atoms with Gasteiger partial charge in [0.15, 0.2) is 0 Å². The Kier molecular flexibility index (Phi) is 18.5. The molecule has 0 aromatic carbocycles. The van der Waals surface area contributed by atoms with E-state index in [-0.39, 0.29) is 11.9 Å². The van der Waals surface area contributed by atoms with Crippen LogP contribution in [0.3, 0.4) is 0 Å². The summed E-state index contributed by atoms with van der Waals surface area (Å²) in [6, 6.07) is -0.105. The van der Waals surface area contributed by atoms with Gasteiger partial charge in [-0.1, -0.05) is 50.1 Å². The normalized spacial score (nSPS) is 10.3. The second kappa shape index (κ2) is 18.4. The number of carbonyl (C=O) groups is 2. The molecule has 0 rings (SSSR count). The maximum Gasteiger partial charge on any atom is 0.314 e. The minimum atomic E-state index is -0.105. The number of urea groups is 1. The van der Waals surface area contributed by atoms with Crippen molar-refractivity contribution in [1.82, 2.24) is 21.3 Å². The summed E-state index contributed by atoms with van der Waals surface area (Å²) in [4.78, 5) is 22.5. The van der Waals surface area contributed by atoms with Crippen molar-refractivity contribution in [2.75, 3.05) is 56.2 Å². The monoisotopic (exact) mass is 400 g/mol. The zero-order valence-electron chi connectivity index (χ0n) is 13.8. The number of carbonyl (C=O) groups excluding carboxylic acids is 2. The number of hydrogen-bond donors (Lipinski definition) is 4. The van der Waals surface area contributed by atoms with Crippen LogP contribution >= 0.6 is 43.2 Å². The fourth-order valence-corrected chi connectivity index (χ4v) is 4.94. The van der Waals surface area contributed by atoms with Crippen molar-refractivity contribution in [2.45, 2.75) is 13.3 Å². The Balaban J connectivity index is 3.20. The van der Waals surface area contributed by atoms with Crippen molar-refractivity contribution in [2.24, 2.45) is 0 Å². The first-order valence-electron chi connectivity index (χ1n) is 7.62. The maximum atomic E-state index is 11.5. The quantitative estimate of drug-likeness (QED) is 0.246. The predicted octanol–water partition coefficient (Wildman–Crippen LogP) is 1.79. The molecule has 0 unspecified atom stereocenters. The Morgan fingerprint density at radius 2 is 1.17 bits per heavy atom. The van der Waals surface area contributed by atoms with Crippen LogP contribution in [0.1, 0.15) is 13.3 Å². The summed E-state index contributed by atoms with van der Waals surface area (Å²) in [6.07, 6.45) is 0.532. The fraction of sp³-hybridized carbons (Fsp3) is 0.846. The van der Waals surface area contributed by atoms with Crippen molar-refractivity contribution in [1.29, 1.82) is 0 Å². The largest absolute Gasteiger partial charge is 0.355 e. The minimum absolute atomic E-state index is 0.0903. The Labute approximate surface area is 155 Å². The molecule has 0 aliphatic heterocycles. The lowest BCUT2D eigenvalue weighted by Gasteiger charge is -2.07. The van der Waals surface area contributed by atoms with Gasteiger partial charge in [-0.15, -0.1) is 0 Å². The Bertz CT molecular complexity index is 312. The van der Waals surface area contributed by atoms with E-state index in [1.807, 2.05) is 24.8 Å². The molecule has 0 saturated heterocycles.